The van der Waals surface area contributed by atoms with E-state index in [9.17, 15) is 8.78 Å². The van der Waals surface area contributed by atoms with Crippen LogP contribution >= 0.6 is 0 Å². The van der Waals surface area contributed by atoms with E-state index in [0.29, 0.717) is 30.9 Å². The molecule has 0 spiro atoms. The molecule has 1 aliphatic carbocycles. The van der Waals surface area contributed by atoms with Crippen molar-refractivity contribution < 1.29 is 8.78 Å². The summed E-state index contributed by atoms with van der Waals surface area (Å²) in [6.07, 6.45) is -0.475. The van der Waals surface area contributed by atoms with E-state index in [1.165, 1.54) is 0 Å². The van der Waals surface area contributed by atoms with Crippen LogP contribution < -0.4 is 5.73 Å². The quantitative estimate of drug-likeness (QED) is 0.576. The monoisotopic (exact) mass is 133 g/mol. The SMILES string of the molecule is NCC1CC(=C(F)F)C1. The fourth-order valence-electron chi connectivity index (χ4n) is 0.958. The second kappa shape index (κ2) is 2.43. The van der Waals surface area contributed by atoms with Crippen molar-refractivity contribution in [1.29, 1.82) is 0 Å². The average Bonchev–Trinajstić information content (AvgIpc) is 1.61. The van der Waals surface area contributed by atoms with Gasteiger partial charge in [-0.3, -0.25) is 0 Å². The second-order valence-corrected chi connectivity index (χ2v) is 2.37. The van der Waals surface area contributed by atoms with Gasteiger partial charge in [0.2, 0.25) is 0 Å². The predicted molar refractivity (Wildman–Crippen MR) is 31.0 cm³/mol. The maximum absolute atomic E-state index is 11.6. The van der Waals surface area contributed by atoms with Gasteiger partial charge in [0.15, 0.2) is 0 Å². The van der Waals surface area contributed by atoms with Gasteiger partial charge >= 0.3 is 0 Å². The van der Waals surface area contributed by atoms with E-state index in [-0.39, 0.29) is 0 Å². The molecule has 1 rings (SSSR count). The van der Waals surface area contributed by atoms with E-state index < -0.39 is 6.08 Å². The summed E-state index contributed by atoms with van der Waals surface area (Å²) >= 11 is 0. The van der Waals surface area contributed by atoms with E-state index in [0.717, 1.165) is 0 Å². The summed E-state index contributed by atoms with van der Waals surface area (Å²) in [5, 5.41) is 0. The van der Waals surface area contributed by atoms with Crippen molar-refractivity contribution in [2.24, 2.45) is 11.7 Å². The Hall–Kier alpha value is -0.440. The lowest BCUT2D eigenvalue weighted by Crippen LogP contribution is -2.23. The van der Waals surface area contributed by atoms with Gasteiger partial charge in [0.1, 0.15) is 0 Å². The van der Waals surface area contributed by atoms with Crippen molar-refractivity contribution in [3.05, 3.63) is 11.7 Å². The molecule has 0 unspecified atom stereocenters. The van der Waals surface area contributed by atoms with Gasteiger partial charge < -0.3 is 5.73 Å². The molecule has 0 aromatic rings. The molecule has 3 heteroatoms. The number of rotatable bonds is 1. The second-order valence-electron chi connectivity index (χ2n) is 2.37. The van der Waals surface area contributed by atoms with Crippen LogP contribution in [0.5, 0.6) is 0 Å². The molecule has 0 radical (unpaired) electrons. The summed E-state index contributed by atoms with van der Waals surface area (Å²) in [5.74, 6) is 0.321. The molecule has 0 aromatic carbocycles. The Morgan fingerprint density at radius 2 is 2.11 bits per heavy atom. The molecule has 0 saturated heterocycles. The molecule has 0 bridgehead atoms. The Kier molecular flexibility index (Phi) is 1.81. The number of hydrogen-bond donors (Lipinski definition) is 1. The van der Waals surface area contributed by atoms with Crippen LogP contribution in [0.15, 0.2) is 11.7 Å². The van der Waals surface area contributed by atoms with Crippen LogP contribution in [0.4, 0.5) is 8.78 Å². The Labute approximate surface area is 52.5 Å². The van der Waals surface area contributed by atoms with Gasteiger partial charge in [0.05, 0.1) is 0 Å². The lowest BCUT2D eigenvalue weighted by molar-refractivity contribution is 0.344. The molecular formula is C6H9F2N. The van der Waals surface area contributed by atoms with Gasteiger partial charge in [-0.1, -0.05) is 0 Å². The highest BCUT2D eigenvalue weighted by Crippen LogP contribution is 2.35. The van der Waals surface area contributed by atoms with Crippen molar-refractivity contribution >= 4 is 0 Å². The molecule has 0 aliphatic heterocycles. The lowest BCUT2D eigenvalue weighted by atomic mass is 9.81. The Balaban J connectivity index is 2.35. The van der Waals surface area contributed by atoms with Gasteiger partial charge in [-0.25, -0.2) is 0 Å². The molecule has 1 fully saturated rings. The summed E-state index contributed by atoms with van der Waals surface area (Å²) < 4.78 is 23.3. The highest BCUT2D eigenvalue weighted by Gasteiger charge is 2.25. The smallest absolute Gasteiger partial charge is 0.269 e. The van der Waals surface area contributed by atoms with Crippen LogP contribution in [0.25, 0.3) is 0 Å². The first-order valence-corrected chi connectivity index (χ1v) is 2.97. The molecule has 0 aromatic heterocycles. The number of hydrogen-bond acceptors (Lipinski definition) is 1. The first-order valence-electron chi connectivity index (χ1n) is 2.97. The fourth-order valence-corrected chi connectivity index (χ4v) is 0.958. The van der Waals surface area contributed by atoms with Gasteiger partial charge in [0, 0.05) is 0 Å². The third-order valence-corrected chi connectivity index (χ3v) is 1.67. The van der Waals surface area contributed by atoms with Gasteiger partial charge in [-0.2, -0.15) is 8.78 Å². The van der Waals surface area contributed by atoms with E-state index in [2.05, 4.69) is 0 Å². The van der Waals surface area contributed by atoms with Crippen molar-refractivity contribution in [3.63, 3.8) is 0 Å². The van der Waals surface area contributed by atoms with Crippen LogP contribution in [-0.4, -0.2) is 6.54 Å². The molecule has 0 amide bonds. The van der Waals surface area contributed by atoms with Crippen LogP contribution in [-0.2, 0) is 0 Å². The molecule has 0 heterocycles. The molecule has 2 N–H and O–H groups in total. The number of allylic oxidation sites excluding steroid dienone is 1. The summed E-state index contributed by atoms with van der Waals surface area (Å²) in [6.45, 7) is 0.538. The standard InChI is InChI=1S/C6H9F2N/c7-6(8)5-1-4(2-5)3-9/h4H,1-3,9H2. The summed E-state index contributed by atoms with van der Waals surface area (Å²) in [5.41, 5.74) is 5.53. The largest absolute Gasteiger partial charge is 0.330 e. The molecule has 1 saturated carbocycles. The maximum atomic E-state index is 11.6. The first-order chi connectivity index (χ1) is 4.24. The summed E-state index contributed by atoms with van der Waals surface area (Å²) in [4.78, 5) is 0. The predicted octanol–water partition coefficient (Wildman–Crippen LogP) is 1.51. The molecule has 1 aliphatic rings. The normalized spacial score (nSPS) is 25.7. The third kappa shape index (κ3) is 1.27. The zero-order valence-corrected chi connectivity index (χ0v) is 5.03. The van der Waals surface area contributed by atoms with Crippen molar-refractivity contribution in [3.8, 4) is 0 Å². The van der Waals surface area contributed by atoms with E-state index in [1.807, 2.05) is 0 Å². The zero-order chi connectivity index (χ0) is 6.85. The highest BCUT2D eigenvalue weighted by molar-refractivity contribution is 5.13. The van der Waals surface area contributed by atoms with Crippen molar-refractivity contribution in [2.75, 3.05) is 6.54 Å². The van der Waals surface area contributed by atoms with Crippen LogP contribution in [0.2, 0.25) is 0 Å². The van der Waals surface area contributed by atoms with Gasteiger partial charge in [0.25, 0.3) is 6.08 Å². The molecule has 0 atom stereocenters. The Morgan fingerprint density at radius 3 is 2.44 bits per heavy atom. The molecular weight excluding hydrogens is 124 g/mol. The van der Waals surface area contributed by atoms with E-state index in [4.69, 9.17) is 5.73 Å². The summed E-state index contributed by atoms with van der Waals surface area (Å²) in [6, 6.07) is 0. The van der Waals surface area contributed by atoms with Crippen LogP contribution in [0, 0.1) is 5.92 Å². The minimum Gasteiger partial charge on any atom is -0.330 e. The molecule has 52 valence electrons. The van der Waals surface area contributed by atoms with Gasteiger partial charge in [-0.15, -0.1) is 0 Å². The minimum absolute atomic E-state index is 0.297. The minimum atomic E-state index is -1.50. The summed E-state index contributed by atoms with van der Waals surface area (Å²) in [7, 11) is 0. The van der Waals surface area contributed by atoms with Crippen LogP contribution in [0.1, 0.15) is 12.8 Å². The fraction of sp³-hybridized carbons (Fsp3) is 0.667. The lowest BCUT2D eigenvalue weighted by Gasteiger charge is -2.26. The number of nitrogens with two attached hydrogens (primary N) is 1. The van der Waals surface area contributed by atoms with Crippen molar-refractivity contribution in [2.45, 2.75) is 12.8 Å². The topological polar surface area (TPSA) is 26.0 Å². The van der Waals surface area contributed by atoms with Gasteiger partial charge in [-0.05, 0) is 30.9 Å². The molecule has 9 heavy (non-hydrogen) atoms. The van der Waals surface area contributed by atoms with E-state index >= 15 is 0 Å². The first kappa shape index (κ1) is 6.68. The van der Waals surface area contributed by atoms with E-state index in [1.54, 1.807) is 0 Å². The number of halogens is 2. The highest BCUT2D eigenvalue weighted by atomic mass is 19.3. The van der Waals surface area contributed by atoms with Crippen LogP contribution in [0.3, 0.4) is 0 Å². The third-order valence-electron chi connectivity index (χ3n) is 1.67. The van der Waals surface area contributed by atoms with Crippen molar-refractivity contribution in [1.82, 2.24) is 0 Å². The zero-order valence-electron chi connectivity index (χ0n) is 5.03. The molecule has 1 nitrogen and oxygen atoms in total. The Bertz CT molecular complexity index is 130. The Morgan fingerprint density at radius 1 is 1.56 bits per heavy atom. The average molecular weight is 133 g/mol. The maximum Gasteiger partial charge on any atom is 0.269 e.